The molecule has 0 radical (unpaired) electrons. The molecule has 1 aliphatic heterocycles. The van der Waals surface area contributed by atoms with Crippen molar-refractivity contribution in [3.63, 3.8) is 0 Å². The molecule has 0 atom stereocenters. The number of carbonyl (C=O) groups excluding carboxylic acids is 2. The first kappa shape index (κ1) is 12.5. The van der Waals surface area contributed by atoms with E-state index in [-0.39, 0.29) is 5.78 Å². The standard InChI is InChI=1S/C14H16N2O2/c1-11(18)12-5-6-14(13(9-12)15-10-17)16-7-3-2-4-8-16/h5-6,9H,2-4,7-8H2,1H3. The normalized spacial score (nSPS) is 15.1. The molecule has 4 nitrogen and oxygen atoms in total. The summed E-state index contributed by atoms with van der Waals surface area (Å²) in [4.78, 5) is 27.8. The van der Waals surface area contributed by atoms with Crippen LogP contribution < -0.4 is 4.90 Å². The first-order valence-electron chi connectivity index (χ1n) is 6.20. The highest BCUT2D eigenvalue weighted by molar-refractivity contribution is 5.96. The predicted molar refractivity (Wildman–Crippen MR) is 70.3 cm³/mol. The predicted octanol–water partition coefficient (Wildman–Crippen LogP) is 2.85. The smallest absolute Gasteiger partial charge is 0.240 e. The molecule has 1 aliphatic rings. The van der Waals surface area contributed by atoms with Crippen molar-refractivity contribution in [3.8, 4) is 0 Å². The summed E-state index contributed by atoms with van der Waals surface area (Å²) in [5, 5.41) is 0. The molecule has 4 heteroatoms. The molecule has 0 aliphatic carbocycles. The number of piperidine rings is 1. The van der Waals surface area contributed by atoms with Crippen LogP contribution in [0.15, 0.2) is 23.2 Å². The zero-order chi connectivity index (χ0) is 13.0. The van der Waals surface area contributed by atoms with Gasteiger partial charge in [-0.05, 0) is 44.4 Å². The van der Waals surface area contributed by atoms with Gasteiger partial charge in [0.25, 0.3) is 0 Å². The van der Waals surface area contributed by atoms with Crippen molar-refractivity contribution in [2.24, 2.45) is 4.99 Å². The molecular formula is C14H16N2O2. The van der Waals surface area contributed by atoms with Gasteiger partial charge in [0.1, 0.15) is 5.69 Å². The fourth-order valence-corrected chi connectivity index (χ4v) is 2.28. The fraction of sp³-hybridized carbons (Fsp3) is 0.429. The minimum Gasteiger partial charge on any atom is -0.370 e. The van der Waals surface area contributed by atoms with Crippen LogP contribution in [0, 0.1) is 0 Å². The number of ketones is 1. The molecule has 94 valence electrons. The Labute approximate surface area is 106 Å². The second kappa shape index (κ2) is 5.61. The summed E-state index contributed by atoms with van der Waals surface area (Å²) in [6.07, 6.45) is 5.11. The molecule has 18 heavy (non-hydrogen) atoms. The van der Waals surface area contributed by atoms with Crippen LogP contribution in [0.25, 0.3) is 0 Å². The van der Waals surface area contributed by atoms with Crippen molar-refractivity contribution in [2.45, 2.75) is 26.2 Å². The Morgan fingerprint density at radius 3 is 2.61 bits per heavy atom. The number of hydrogen-bond donors (Lipinski definition) is 0. The molecule has 2 rings (SSSR count). The third kappa shape index (κ3) is 2.66. The van der Waals surface area contributed by atoms with Gasteiger partial charge in [-0.25, -0.2) is 4.79 Å². The molecule has 1 heterocycles. The summed E-state index contributed by atoms with van der Waals surface area (Å²) in [5.41, 5.74) is 2.03. The minimum atomic E-state index is -0.0254. The number of nitrogens with zero attached hydrogens (tertiary/aromatic N) is 2. The molecule has 1 fully saturated rings. The highest BCUT2D eigenvalue weighted by Gasteiger charge is 2.15. The van der Waals surface area contributed by atoms with E-state index in [1.165, 1.54) is 13.3 Å². The second-order valence-corrected chi connectivity index (χ2v) is 4.51. The lowest BCUT2D eigenvalue weighted by atomic mass is 10.1. The van der Waals surface area contributed by atoms with Crippen molar-refractivity contribution < 1.29 is 9.59 Å². The largest absolute Gasteiger partial charge is 0.370 e. The molecule has 1 aromatic carbocycles. The number of anilines is 1. The number of Topliss-reactive ketones (excluding diaryl/α,β-unsaturated/α-hetero) is 1. The Hall–Kier alpha value is -1.93. The van der Waals surface area contributed by atoms with E-state index < -0.39 is 0 Å². The highest BCUT2D eigenvalue weighted by Crippen LogP contribution is 2.31. The Kier molecular flexibility index (Phi) is 3.90. The monoisotopic (exact) mass is 244 g/mol. The molecule has 0 saturated carbocycles. The molecule has 0 spiro atoms. The van der Waals surface area contributed by atoms with E-state index in [1.54, 1.807) is 18.2 Å². The molecule has 1 saturated heterocycles. The van der Waals surface area contributed by atoms with Gasteiger partial charge in [-0.2, -0.15) is 4.99 Å². The van der Waals surface area contributed by atoms with Gasteiger partial charge in [-0.15, -0.1) is 0 Å². The molecule has 0 unspecified atom stereocenters. The molecule has 0 amide bonds. The van der Waals surface area contributed by atoms with E-state index in [4.69, 9.17) is 0 Å². The van der Waals surface area contributed by atoms with Crippen LogP contribution in [-0.4, -0.2) is 25.0 Å². The van der Waals surface area contributed by atoms with Crippen LogP contribution in [0.1, 0.15) is 36.5 Å². The Bertz CT molecular complexity index is 499. The maximum Gasteiger partial charge on any atom is 0.240 e. The van der Waals surface area contributed by atoms with Crippen LogP contribution in [0.2, 0.25) is 0 Å². The Morgan fingerprint density at radius 1 is 1.28 bits per heavy atom. The SMILES string of the molecule is CC(=O)c1ccc(N2CCCCC2)c(N=C=O)c1. The topological polar surface area (TPSA) is 49.7 Å². The van der Waals surface area contributed by atoms with Gasteiger partial charge in [-0.3, -0.25) is 4.79 Å². The maximum absolute atomic E-state index is 11.3. The summed E-state index contributed by atoms with van der Waals surface area (Å²) < 4.78 is 0. The number of isocyanates is 1. The van der Waals surface area contributed by atoms with Gasteiger partial charge in [0.05, 0.1) is 5.69 Å². The van der Waals surface area contributed by atoms with Crippen LogP contribution >= 0.6 is 0 Å². The van der Waals surface area contributed by atoms with Crippen LogP contribution in [0.3, 0.4) is 0 Å². The number of rotatable bonds is 3. The van der Waals surface area contributed by atoms with E-state index >= 15 is 0 Å². The zero-order valence-corrected chi connectivity index (χ0v) is 10.5. The molecule has 0 N–H and O–H groups in total. The zero-order valence-electron chi connectivity index (χ0n) is 10.5. The van der Waals surface area contributed by atoms with Crippen LogP contribution in [0.5, 0.6) is 0 Å². The minimum absolute atomic E-state index is 0.0254. The molecule has 0 bridgehead atoms. The second-order valence-electron chi connectivity index (χ2n) is 4.51. The summed E-state index contributed by atoms with van der Waals surface area (Å²) in [7, 11) is 0. The average Bonchev–Trinajstić information content (AvgIpc) is 2.40. The first-order valence-corrected chi connectivity index (χ1v) is 6.20. The van der Waals surface area contributed by atoms with E-state index in [0.29, 0.717) is 11.3 Å². The Morgan fingerprint density at radius 2 is 2.00 bits per heavy atom. The molecule has 1 aromatic rings. The van der Waals surface area contributed by atoms with E-state index in [0.717, 1.165) is 31.6 Å². The van der Waals surface area contributed by atoms with Gasteiger partial charge in [0.15, 0.2) is 5.78 Å². The van der Waals surface area contributed by atoms with Gasteiger partial charge in [-0.1, -0.05) is 0 Å². The van der Waals surface area contributed by atoms with Crippen LogP contribution in [0.4, 0.5) is 11.4 Å². The lowest BCUT2D eigenvalue weighted by Gasteiger charge is -2.29. The van der Waals surface area contributed by atoms with Gasteiger partial charge < -0.3 is 4.90 Å². The summed E-state index contributed by atoms with van der Waals surface area (Å²) in [5.74, 6) is -0.0254. The van der Waals surface area contributed by atoms with Gasteiger partial charge in [0.2, 0.25) is 6.08 Å². The summed E-state index contributed by atoms with van der Waals surface area (Å²) >= 11 is 0. The molecular weight excluding hydrogens is 228 g/mol. The summed E-state index contributed by atoms with van der Waals surface area (Å²) in [6, 6.07) is 5.32. The number of aliphatic imine (C=N–C) groups is 1. The van der Waals surface area contributed by atoms with Crippen LogP contribution in [-0.2, 0) is 4.79 Å². The lowest BCUT2D eigenvalue weighted by Crippen LogP contribution is -2.29. The van der Waals surface area contributed by atoms with Crippen molar-refractivity contribution in [1.82, 2.24) is 0 Å². The third-order valence-corrected chi connectivity index (χ3v) is 3.24. The van der Waals surface area contributed by atoms with Crippen molar-refractivity contribution >= 4 is 23.2 Å². The third-order valence-electron chi connectivity index (χ3n) is 3.24. The average molecular weight is 244 g/mol. The van der Waals surface area contributed by atoms with Gasteiger partial charge >= 0.3 is 0 Å². The Balaban J connectivity index is 2.39. The summed E-state index contributed by atoms with van der Waals surface area (Å²) in [6.45, 7) is 3.45. The first-order chi connectivity index (χ1) is 8.72. The van der Waals surface area contributed by atoms with E-state index in [2.05, 4.69) is 9.89 Å². The maximum atomic E-state index is 11.3. The van der Waals surface area contributed by atoms with Crippen molar-refractivity contribution in [2.75, 3.05) is 18.0 Å². The van der Waals surface area contributed by atoms with E-state index in [1.807, 2.05) is 6.07 Å². The number of carbonyl (C=O) groups is 1. The number of hydrogen-bond acceptors (Lipinski definition) is 4. The number of benzene rings is 1. The quantitative estimate of drug-likeness (QED) is 0.466. The van der Waals surface area contributed by atoms with Crippen molar-refractivity contribution in [3.05, 3.63) is 23.8 Å². The molecule has 0 aromatic heterocycles. The fourth-order valence-electron chi connectivity index (χ4n) is 2.28. The lowest BCUT2D eigenvalue weighted by molar-refractivity contribution is 0.101. The van der Waals surface area contributed by atoms with Gasteiger partial charge in [0, 0.05) is 18.7 Å². The van der Waals surface area contributed by atoms with Crippen molar-refractivity contribution in [1.29, 1.82) is 0 Å². The van der Waals surface area contributed by atoms with E-state index in [9.17, 15) is 9.59 Å². The highest BCUT2D eigenvalue weighted by atomic mass is 16.1.